The van der Waals surface area contributed by atoms with Gasteiger partial charge in [0.05, 0.1) is 16.6 Å². The summed E-state index contributed by atoms with van der Waals surface area (Å²) in [6.07, 6.45) is 0.769. The lowest BCUT2D eigenvalue weighted by molar-refractivity contribution is 0.0956. The molecule has 0 saturated carbocycles. The topological polar surface area (TPSA) is 64.0 Å². The molecule has 1 aliphatic heterocycles. The van der Waals surface area contributed by atoms with Crippen molar-refractivity contribution in [2.24, 2.45) is 0 Å². The molecule has 2 aromatic carbocycles. The fraction of sp³-hybridized carbons (Fsp3) is 0.118. The lowest BCUT2D eigenvalue weighted by Gasteiger charge is -2.07. The number of halogens is 1. The third kappa shape index (κ3) is 2.11. The predicted molar refractivity (Wildman–Crippen MR) is 82.8 cm³/mol. The van der Waals surface area contributed by atoms with Gasteiger partial charge in [0.2, 0.25) is 0 Å². The minimum Gasteiger partial charge on any atom is -0.350 e. The molecular weight excluding hydrogens is 297 g/mol. The van der Waals surface area contributed by atoms with Gasteiger partial charge in [0.15, 0.2) is 0 Å². The van der Waals surface area contributed by atoms with E-state index in [1.165, 1.54) is 12.1 Å². The number of carbonyl (C=O) groups is 2. The molecule has 2 heterocycles. The van der Waals surface area contributed by atoms with E-state index >= 15 is 0 Å². The Kier molecular flexibility index (Phi) is 2.97. The Morgan fingerprint density at radius 3 is 2.96 bits per heavy atom. The highest BCUT2D eigenvalue weighted by molar-refractivity contribution is 6.06. The maximum Gasteiger partial charge on any atom is 0.253 e. The van der Waals surface area contributed by atoms with Crippen LogP contribution >= 0.6 is 0 Å². The van der Waals surface area contributed by atoms with Crippen LogP contribution in [0, 0.1) is 5.82 Å². The van der Waals surface area contributed by atoms with E-state index in [0.29, 0.717) is 35.5 Å². The van der Waals surface area contributed by atoms with E-state index in [-0.39, 0.29) is 11.5 Å². The highest BCUT2D eigenvalue weighted by atomic mass is 19.1. The largest absolute Gasteiger partial charge is 0.350 e. The Bertz CT molecular complexity index is 962. The number of aromatic nitrogens is 2. The average Bonchev–Trinajstić information content (AvgIpc) is 2.83. The standard InChI is InChI=1S/C17H12FN3O2/c18-12-7-13-15-14(8-12)20-16(21(15)5-4-19-17(13)23)11-3-1-2-10(6-11)9-22/h1-3,6-9H,4-5H2,(H,19,23). The Morgan fingerprint density at radius 2 is 2.13 bits per heavy atom. The number of carbonyl (C=O) groups excluding carboxylic acids is 2. The molecule has 0 spiro atoms. The van der Waals surface area contributed by atoms with Crippen molar-refractivity contribution in [2.45, 2.75) is 6.54 Å². The van der Waals surface area contributed by atoms with Gasteiger partial charge in [-0.1, -0.05) is 18.2 Å². The second-order valence-corrected chi connectivity index (χ2v) is 5.41. The van der Waals surface area contributed by atoms with Crippen LogP contribution in [0.15, 0.2) is 36.4 Å². The Morgan fingerprint density at radius 1 is 1.26 bits per heavy atom. The lowest BCUT2D eigenvalue weighted by Crippen LogP contribution is -2.24. The fourth-order valence-electron chi connectivity index (χ4n) is 2.97. The zero-order chi connectivity index (χ0) is 16.0. The van der Waals surface area contributed by atoms with Crippen LogP contribution < -0.4 is 5.32 Å². The number of imidazole rings is 1. The molecule has 6 heteroatoms. The summed E-state index contributed by atoms with van der Waals surface area (Å²) in [6.45, 7) is 0.961. The molecule has 0 unspecified atom stereocenters. The minimum absolute atomic E-state index is 0.280. The van der Waals surface area contributed by atoms with E-state index in [1.807, 2.05) is 10.6 Å². The molecule has 0 atom stereocenters. The van der Waals surface area contributed by atoms with E-state index in [2.05, 4.69) is 10.3 Å². The Labute approximate surface area is 130 Å². The number of aldehydes is 1. The first kappa shape index (κ1) is 13.6. The second-order valence-electron chi connectivity index (χ2n) is 5.41. The van der Waals surface area contributed by atoms with Gasteiger partial charge in [0, 0.05) is 30.3 Å². The van der Waals surface area contributed by atoms with Gasteiger partial charge in [-0.05, 0) is 12.1 Å². The first-order valence-electron chi connectivity index (χ1n) is 7.21. The second kappa shape index (κ2) is 5.01. The fourth-order valence-corrected chi connectivity index (χ4v) is 2.97. The number of hydrogen-bond donors (Lipinski definition) is 1. The zero-order valence-electron chi connectivity index (χ0n) is 12.0. The van der Waals surface area contributed by atoms with Crippen LogP contribution in [-0.4, -0.2) is 28.3 Å². The molecule has 1 aliphatic rings. The van der Waals surface area contributed by atoms with Gasteiger partial charge >= 0.3 is 0 Å². The Hall–Kier alpha value is -3.02. The number of amides is 1. The first-order valence-corrected chi connectivity index (χ1v) is 7.21. The molecule has 1 amide bonds. The van der Waals surface area contributed by atoms with Crippen molar-refractivity contribution >= 4 is 23.2 Å². The summed E-state index contributed by atoms with van der Waals surface area (Å²) in [7, 11) is 0. The van der Waals surface area contributed by atoms with Crippen LogP contribution in [0.4, 0.5) is 4.39 Å². The lowest BCUT2D eigenvalue weighted by atomic mass is 10.1. The van der Waals surface area contributed by atoms with Crippen LogP contribution in [0.3, 0.4) is 0 Å². The predicted octanol–water partition coefficient (Wildman–Crippen LogP) is 2.40. The number of rotatable bonds is 2. The van der Waals surface area contributed by atoms with Gasteiger partial charge in [-0.2, -0.15) is 0 Å². The summed E-state index contributed by atoms with van der Waals surface area (Å²) in [5.41, 5.74) is 2.63. The van der Waals surface area contributed by atoms with Crippen LogP contribution in [0.5, 0.6) is 0 Å². The summed E-state index contributed by atoms with van der Waals surface area (Å²) in [6, 6.07) is 9.60. The van der Waals surface area contributed by atoms with Crippen molar-refractivity contribution < 1.29 is 14.0 Å². The van der Waals surface area contributed by atoms with Crippen LogP contribution in [0.2, 0.25) is 0 Å². The summed E-state index contributed by atoms with van der Waals surface area (Å²) in [5, 5.41) is 2.76. The van der Waals surface area contributed by atoms with Crippen molar-refractivity contribution in [2.75, 3.05) is 6.54 Å². The molecule has 0 radical (unpaired) electrons. The van der Waals surface area contributed by atoms with Crippen LogP contribution in [0.25, 0.3) is 22.4 Å². The van der Waals surface area contributed by atoms with Crippen molar-refractivity contribution in [1.29, 1.82) is 0 Å². The van der Waals surface area contributed by atoms with Crippen LogP contribution in [-0.2, 0) is 6.54 Å². The van der Waals surface area contributed by atoms with E-state index in [0.717, 1.165) is 11.8 Å². The van der Waals surface area contributed by atoms with Crippen molar-refractivity contribution in [3.8, 4) is 11.4 Å². The molecule has 5 nitrogen and oxygen atoms in total. The minimum atomic E-state index is -0.498. The van der Waals surface area contributed by atoms with Gasteiger partial charge in [-0.25, -0.2) is 9.37 Å². The van der Waals surface area contributed by atoms with Crippen molar-refractivity contribution in [3.63, 3.8) is 0 Å². The van der Waals surface area contributed by atoms with E-state index in [9.17, 15) is 14.0 Å². The van der Waals surface area contributed by atoms with Crippen molar-refractivity contribution in [3.05, 3.63) is 53.3 Å². The molecular formula is C17H12FN3O2. The molecule has 114 valence electrons. The number of benzene rings is 2. The number of nitrogens with one attached hydrogen (secondary N) is 1. The molecule has 0 aliphatic carbocycles. The Balaban J connectivity index is 2.05. The smallest absolute Gasteiger partial charge is 0.253 e. The normalized spacial score (nSPS) is 13.7. The number of nitrogens with zero attached hydrogens (tertiary/aromatic N) is 2. The average molecular weight is 309 g/mol. The highest BCUT2D eigenvalue weighted by Crippen LogP contribution is 2.29. The molecule has 0 saturated heterocycles. The van der Waals surface area contributed by atoms with Gasteiger partial charge in [0.1, 0.15) is 17.9 Å². The molecule has 1 N–H and O–H groups in total. The van der Waals surface area contributed by atoms with Gasteiger partial charge in [-0.3, -0.25) is 9.59 Å². The number of hydrogen-bond acceptors (Lipinski definition) is 3. The monoisotopic (exact) mass is 309 g/mol. The maximum absolute atomic E-state index is 13.8. The molecule has 0 fully saturated rings. The summed E-state index contributed by atoms with van der Waals surface area (Å²) < 4.78 is 15.7. The third-order valence-electron chi connectivity index (χ3n) is 3.95. The summed E-state index contributed by atoms with van der Waals surface area (Å²) >= 11 is 0. The van der Waals surface area contributed by atoms with E-state index < -0.39 is 5.82 Å². The van der Waals surface area contributed by atoms with Gasteiger partial charge in [-0.15, -0.1) is 0 Å². The summed E-state index contributed by atoms with van der Waals surface area (Å²) in [4.78, 5) is 27.6. The highest BCUT2D eigenvalue weighted by Gasteiger charge is 2.23. The molecule has 4 rings (SSSR count). The van der Waals surface area contributed by atoms with E-state index in [1.54, 1.807) is 18.2 Å². The zero-order valence-corrected chi connectivity index (χ0v) is 12.0. The molecule has 1 aromatic heterocycles. The third-order valence-corrected chi connectivity index (χ3v) is 3.95. The first-order chi connectivity index (χ1) is 11.2. The molecule has 0 bridgehead atoms. The molecule has 23 heavy (non-hydrogen) atoms. The quantitative estimate of drug-likeness (QED) is 0.739. The van der Waals surface area contributed by atoms with Gasteiger partial charge < -0.3 is 9.88 Å². The van der Waals surface area contributed by atoms with Crippen LogP contribution in [0.1, 0.15) is 20.7 Å². The molecule has 3 aromatic rings. The summed E-state index contributed by atoms with van der Waals surface area (Å²) in [5.74, 6) is -0.184. The SMILES string of the molecule is O=Cc1cccc(-c2nc3cc(F)cc4c3n2CCNC4=O)c1. The van der Waals surface area contributed by atoms with E-state index in [4.69, 9.17) is 0 Å². The van der Waals surface area contributed by atoms with Crippen molar-refractivity contribution in [1.82, 2.24) is 14.9 Å². The maximum atomic E-state index is 13.8. The van der Waals surface area contributed by atoms with Gasteiger partial charge in [0.25, 0.3) is 5.91 Å².